The van der Waals surface area contributed by atoms with Crippen LogP contribution in [0.3, 0.4) is 0 Å². The lowest BCUT2D eigenvalue weighted by molar-refractivity contribution is -0.384. The number of fused-ring (bicyclic) bond motifs is 1. The maximum Gasteiger partial charge on any atom is 0.308 e. The van der Waals surface area contributed by atoms with Crippen molar-refractivity contribution < 1.29 is 19.6 Å². The number of nitro benzene ring substituents is 1. The van der Waals surface area contributed by atoms with Crippen LogP contribution < -0.4 is 5.32 Å². The fourth-order valence-corrected chi connectivity index (χ4v) is 3.27. The molecule has 3 rings (SSSR count). The van der Waals surface area contributed by atoms with Crippen LogP contribution in [0, 0.1) is 16.0 Å². The molecule has 126 valence electrons. The summed E-state index contributed by atoms with van der Waals surface area (Å²) in [5, 5.41) is 23.4. The van der Waals surface area contributed by atoms with Gasteiger partial charge in [-0.3, -0.25) is 19.7 Å². The van der Waals surface area contributed by atoms with Gasteiger partial charge in [-0.05, 0) is 25.0 Å². The molecule has 0 bridgehead atoms. The number of carboxylic acid groups (broad SMARTS) is 1. The van der Waals surface area contributed by atoms with Gasteiger partial charge in [-0.2, -0.15) is 0 Å². The van der Waals surface area contributed by atoms with E-state index >= 15 is 0 Å². The summed E-state index contributed by atoms with van der Waals surface area (Å²) in [6, 6.07) is 5.84. The van der Waals surface area contributed by atoms with Gasteiger partial charge >= 0.3 is 5.97 Å². The lowest BCUT2D eigenvalue weighted by atomic mass is 10.0. The molecule has 0 radical (unpaired) electrons. The number of nitro groups is 1. The zero-order chi connectivity index (χ0) is 17.3. The highest BCUT2D eigenvalue weighted by molar-refractivity contribution is 5.85. The average molecular weight is 331 g/mol. The number of carbonyl (C=O) groups is 2. The second-order valence-corrected chi connectivity index (χ2v) is 5.99. The van der Waals surface area contributed by atoms with E-state index in [1.54, 1.807) is 22.9 Å². The first-order chi connectivity index (χ1) is 11.5. The molecule has 1 aromatic heterocycles. The zero-order valence-electron chi connectivity index (χ0n) is 12.8. The van der Waals surface area contributed by atoms with Crippen molar-refractivity contribution in [3.63, 3.8) is 0 Å². The van der Waals surface area contributed by atoms with E-state index in [1.165, 1.54) is 12.1 Å². The molecule has 0 unspecified atom stereocenters. The monoisotopic (exact) mass is 331 g/mol. The molecule has 1 fully saturated rings. The molecular formula is C16H17N3O5. The summed E-state index contributed by atoms with van der Waals surface area (Å²) < 4.78 is 1.69. The van der Waals surface area contributed by atoms with Gasteiger partial charge in [0.25, 0.3) is 5.69 Å². The molecule has 2 aromatic rings. The van der Waals surface area contributed by atoms with E-state index in [0.29, 0.717) is 18.2 Å². The average Bonchev–Trinajstić information content (AvgIpc) is 3.14. The standard InChI is InChI=1S/C16H17N3O5/c20-15(17-13-3-1-2-12(13)16(21)22)9-18-7-6-10-8-11(19(23)24)4-5-14(10)18/h4-8,12-13H,1-3,9H2,(H,17,20)(H,21,22)/t12-,13+/m1/s1. The van der Waals surface area contributed by atoms with Gasteiger partial charge in [0.05, 0.1) is 10.8 Å². The molecule has 1 aliphatic rings. The molecule has 1 aromatic carbocycles. The van der Waals surface area contributed by atoms with E-state index in [1.807, 2.05) is 0 Å². The highest BCUT2D eigenvalue weighted by Gasteiger charge is 2.33. The Morgan fingerprint density at radius 1 is 1.33 bits per heavy atom. The van der Waals surface area contributed by atoms with E-state index < -0.39 is 16.8 Å². The number of rotatable bonds is 5. The number of carboxylic acids is 1. The van der Waals surface area contributed by atoms with Gasteiger partial charge in [-0.15, -0.1) is 0 Å². The highest BCUT2D eigenvalue weighted by Crippen LogP contribution is 2.26. The number of amides is 1. The van der Waals surface area contributed by atoms with E-state index in [-0.39, 0.29) is 24.2 Å². The second kappa shape index (κ2) is 6.31. The lowest BCUT2D eigenvalue weighted by Gasteiger charge is -2.18. The molecular weight excluding hydrogens is 314 g/mol. The molecule has 24 heavy (non-hydrogen) atoms. The van der Waals surface area contributed by atoms with Crippen molar-refractivity contribution in [3.05, 3.63) is 40.6 Å². The number of benzene rings is 1. The Morgan fingerprint density at radius 3 is 2.83 bits per heavy atom. The SMILES string of the molecule is O=C(Cn1ccc2cc([N+](=O)[O-])ccc21)N[C@H]1CCC[C@H]1C(=O)O. The van der Waals surface area contributed by atoms with Gasteiger partial charge in [0.1, 0.15) is 6.54 Å². The van der Waals surface area contributed by atoms with Crippen molar-refractivity contribution in [2.75, 3.05) is 0 Å². The Kier molecular flexibility index (Phi) is 4.20. The second-order valence-electron chi connectivity index (χ2n) is 5.99. The number of nitrogens with zero attached hydrogens (tertiary/aromatic N) is 2. The molecule has 1 saturated carbocycles. The predicted octanol–water partition coefficient (Wildman–Crippen LogP) is 1.92. The highest BCUT2D eigenvalue weighted by atomic mass is 16.6. The Balaban J connectivity index is 1.71. The Hall–Kier alpha value is -2.90. The number of carbonyl (C=O) groups excluding carboxylic acids is 1. The number of aromatic nitrogens is 1. The van der Waals surface area contributed by atoms with Crippen molar-refractivity contribution in [3.8, 4) is 0 Å². The zero-order valence-corrected chi connectivity index (χ0v) is 12.8. The number of non-ortho nitro benzene ring substituents is 1. The van der Waals surface area contributed by atoms with Gasteiger partial charge in [0.2, 0.25) is 5.91 Å². The molecule has 2 atom stereocenters. The third-order valence-electron chi connectivity index (χ3n) is 4.46. The van der Waals surface area contributed by atoms with Crippen molar-refractivity contribution >= 4 is 28.5 Å². The summed E-state index contributed by atoms with van der Waals surface area (Å²) >= 11 is 0. The first-order valence-corrected chi connectivity index (χ1v) is 7.71. The molecule has 0 spiro atoms. The third-order valence-corrected chi connectivity index (χ3v) is 4.46. The predicted molar refractivity (Wildman–Crippen MR) is 85.5 cm³/mol. The normalized spacial score (nSPS) is 20.2. The van der Waals surface area contributed by atoms with Crippen molar-refractivity contribution in [1.29, 1.82) is 0 Å². The number of aliphatic carboxylic acids is 1. The summed E-state index contributed by atoms with van der Waals surface area (Å²) in [4.78, 5) is 33.7. The molecule has 2 N–H and O–H groups in total. The number of hydrogen-bond donors (Lipinski definition) is 2. The van der Waals surface area contributed by atoms with Crippen LogP contribution in [0.4, 0.5) is 5.69 Å². The van der Waals surface area contributed by atoms with Crippen molar-refractivity contribution in [2.24, 2.45) is 5.92 Å². The molecule has 8 heteroatoms. The van der Waals surface area contributed by atoms with E-state index in [0.717, 1.165) is 11.9 Å². The largest absolute Gasteiger partial charge is 0.481 e. The van der Waals surface area contributed by atoms with Crippen LogP contribution in [0.5, 0.6) is 0 Å². The van der Waals surface area contributed by atoms with Gasteiger partial charge in [-0.25, -0.2) is 0 Å². The topological polar surface area (TPSA) is 114 Å². The van der Waals surface area contributed by atoms with Crippen molar-refractivity contribution in [2.45, 2.75) is 31.8 Å². The smallest absolute Gasteiger partial charge is 0.308 e. The number of nitrogens with one attached hydrogen (secondary N) is 1. The first-order valence-electron chi connectivity index (χ1n) is 7.71. The fourth-order valence-electron chi connectivity index (χ4n) is 3.27. The van der Waals surface area contributed by atoms with E-state index in [9.17, 15) is 19.7 Å². The molecule has 0 aliphatic heterocycles. The minimum atomic E-state index is -0.878. The van der Waals surface area contributed by atoms with Crippen LogP contribution in [0.2, 0.25) is 0 Å². The molecule has 1 amide bonds. The maximum absolute atomic E-state index is 12.2. The lowest BCUT2D eigenvalue weighted by Crippen LogP contribution is -2.41. The van der Waals surface area contributed by atoms with Crippen LogP contribution in [0.25, 0.3) is 10.9 Å². The summed E-state index contributed by atoms with van der Waals surface area (Å²) in [7, 11) is 0. The Morgan fingerprint density at radius 2 is 2.12 bits per heavy atom. The summed E-state index contributed by atoms with van der Waals surface area (Å²) in [6.45, 7) is 0.0458. The molecule has 8 nitrogen and oxygen atoms in total. The first kappa shape index (κ1) is 16.0. The van der Waals surface area contributed by atoms with Gasteiger partial charge in [0.15, 0.2) is 0 Å². The molecule has 0 saturated heterocycles. The van der Waals surface area contributed by atoms with Gasteiger partial charge in [0, 0.05) is 35.3 Å². The van der Waals surface area contributed by atoms with E-state index in [2.05, 4.69) is 5.32 Å². The third kappa shape index (κ3) is 3.08. The minimum Gasteiger partial charge on any atom is -0.481 e. The van der Waals surface area contributed by atoms with Gasteiger partial charge in [-0.1, -0.05) is 6.42 Å². The van der Waals surface area contributed by atoms with Crippen LogP contribution in [0.15, 0.2) is 30.5 Å². The van der Waals surface area contributed by atoms with Crippen LogP contribution in [0.1, 0.15) is 19.3 Å². The quantitative estimate of drug-likeness (QED) is 0.641. The van der Waals surface area contributed by atoms with Crippen LogP contribution >= 0.6 is 0 Å². The summed E-state index contributed by atoms with van der Waals surface area (Å²) in [5.41, 5.74) is 0.719. The maximum atomic E-state index is 12.2. The van der Waals surface area contributed by atoms with E-state index in [4.69, 9.17) is 5.11 Å². The Bertz CT molecular complexity index is 813. The summed E-state index contributed by atoms with van der Waals surface area (Å²) in [5.74, 6) is -1.67. The minimum absolute atomic E-state index is 0.0000397. The number of hydrogen-bond acceptors (Lipinski definition) is 4. The van der Waals surface area contributed by atoms with Crippen LogP contribution in [-0.4, -0.2) is 32.5 Å². The van der Waals surface area contributed by atoms with Crippen molar-refractivity contribution in [1.82, 2.24) is 9.88 Å². The molecule has 1 aliphatic carbocycles. The molecule has 1 heterocycles. The van der Waals surface area contributed by atoms with Crippen LogP contribution in [-0.2, 0) is 16.1 Å². The fraction of sp³-hybridized carbons (Fsp3) is 0.375. The summed E-state index contributed by atoms with van der Waals surface area (Å²) in [6.07, 6.45) is 3.73. The van der Waals surface area contributed by atoms with Gasteiger partial charge < -0.3 is 15.0 Å². The Labute approximate surface area is 137 Å².